The van der Waals surface area contributed by atoms with Crippen molar-refractivity contribution in [1.82, 2.24) is 4.98 Å². The monoisotopic (exact) mass is 330 g/mol. The van der Waals surface area contributed by atoms with Gasteiger partial charge >= 0.3 is 12.1 Å². The Labute approximate surface area is 124 Å². The average Bonchev–Trinajstić information content (AvgIpc) is 2.86. The van der Waals surface area contributed by atoms with Crippen LogP contribution in [0.1, 0.15) is 20.9 Å². The van der Waals surface area contributed by atoms with Crippen LogP contribution < -0.4 is 0 Å². The average molecular weight is 330 g/mol. The summed E-state index contributed by atoms with van der Waals surface area (Å²) in [7, 11) is 0. The number of alkyl halides is 3. The minimum Gasteiger partial charge on any atom is -0.477 e. The molecule has 2 heterocycles. The summed E-state index contributed by atoms with van der Waals surface area (Å²) in [5.41, 5.74) is -1.10. The Morgan fingerprint density at radius 1 is 1.43 bits per heavy atom. The Morgan fingerprint density at radius 2 is 2.14 bits per heavy atom. The van der Waals surface area contributed by atoms with Gasteiger partial charge in [-0.05, 0) is 18.2 Å². The first-order valence-corrected chi connectivity index (χ1v) is 6.99. The molecular formula is C12H5F3N2O2S2. The van der Waals surface area contributed by atoms with Crippen LogP contribution in [-0.4, -0.2) is 16.1 Å². The van der Waals surface area contributed by atoms with Crippen LogP contribution in [0.25, 0.3) is 0 Å². The summed E-state index contributed by atoms with van der Waals surface area (Å²) in [4.78, 5) is 14.7. The van der Waals surface area contributed by atoms with E-state index in [4.69, 9.17) is 10.4 Å². The van der Waals surface area contributed by atoms with Crippen LogP contribution in [0, 0.1) is 11.3 Å². The number of halogens is 3. The molecule has 0 aliphatic rings. The number of rotatable bonds is 3. The zero-order valence-electron chi connectivity index (χ0n) is 10.0. The van der Waals surface area contributed by atoms with E-state index in [9.17, 15) is 18.0 Å². The second kappa shape index (κ2) is 5.75. The second-order valence-electron chi connectivity index (χ2n) is 3.71. The summed E-state index contributed by atoms with van der Waals surface area (Å²) in [6.07, 6.45) is -4.61. The van der Waals surface area contributed by atoms with Crippen molar-refractivity contribution in [3.05, 3.63) is 39.7 Å². The maximum absolute atomic E-state index is 12.6. The van der Waals surface area contributed by atoms with E-state index in [1.54, 1.807) is 6.07 Å². The summed E-state index contributed by atoms with van der Waals surface area (Å²) in [6, 6.07) is 4.86. The molecule has 0 atom stereocenters. The highest BCUT2D eigenvalue weighted by Crippen LogP contribution is 2.35. The van der Waals surface area contributed by atoms with Gasteiger partial charge in [-0.25, -0.2) is 9.78 Å². The van der Waals surface area contributed by atoms with Gasteiger partial charge in [0.2, 0.25) is 0 Å². The lowest BCUT2D eigenvalue weighted by atomic mass is 10.2. The van der Waals surface area contributed by atoms with Crippen molar-refractivity contribution in [2.75, 3.05) is 0 Å². The van der Waals surface area contributed by atoms with E-state index in [2.05, 4.69) is 4.98 Å². The molecule has 0 radical (unpaired) electrons. The first-order chi connectivity index (χ1) is 9.81. The predicted molar refractivity (Wildman–Crippen MR) is 69.4 cm³/mol. The molecule has 0 aromatic carbocycles. The number of carbonyl (C=O) groups is 1. The second-order valence-corrected chi connectivity index (χ2v) is 5.69. The molecule has 0 saturated carbocycles. The van der Waals surface area contributed by atoms with Gasteiger partial charge in [0.25, 0.3) is 0 Å². The van der Waals surface area contributed by atoms with E-state index < -0.39 is 17.8 Å². The van der Waals surface area contributed by atoms with Crippen LogP contribution in [0.3, 0.4) is 0 Å². The lowest BCUT2D eigenvalue weighted by Crippen LogP contribution is -2.08. The largest absolute Gasteiger partial charge is 0.477 e. The van der Waals surface area contributed by atoms with E-state index in [-0.39, 0.29) is 15.5 Å². The van der Waals surface area contributed by atoms with Crippen LogP contribution in [0.2, 0.25) is 0 Å². The lowest BCUT2D eigenvalue weighted by Gasteiger charge is -2.08. The Hall–Kier alpha value is -2.05. The van der Waals surface area contributed by atoms with Gasteiger partial charge in [-0.3, -0.25) is 0 Å². The van der Waals surface area contributed by atoms with Gasteiger partial charge in [-0.1, -0.05) is 11.8 Å². The fourth-order valence-corrected chi connectivity index (χ4v) is 3.14. The van der Waals surface area contributed by atoms with Gasteiger partial charge < -0.3 is 5.11 Å². The third kappa shape index (κ3) is 3.53. The molecule has 9 heteroatoms. The normalized spacial score (nSPS) is 11.1. The van der Waals surface area contributed by atoms with E-state index in [1.807, 2.05) is 0 Å². The molecule has 0 aliphatic carbocycles. The van der Waals surface area contributed by atoms with Crippen molar-refractivity contribution in [1.29, 1.82) is 5.26 Å². The number of pyridine rings is 1. The van der Waals surface area contributed by atoms with Crippen molar-refractivity contribution in [3.8, 4) is 6.07 Å². The van der Waals surface area contributed by atoms with Crippen molar-refractivity contribution in [2.45, 2.75) is 16.1 Å². The molecule has 0 unspecified atom stereocenters. The summed E-state index contributed by atoms with van der Waals surface area (Å²) >= 11 is 1.77. The minimum absolute atomic E-state index is 0.00363. The fourth-order valence-electron chi connectivity index (χ4n) is 1.36. The van der Waals surface area contributed by atoms with Crippen LogP contribution in [0.5, 0.6) is 0 Å². The molecule has 2 aromatic rings. The third-order valence-corrected chi connectivity index (χ3v) is 4.32. The fraction of sp³-hybridized carbons (Fsp3) is 0.0833. The Kier molecular flexibility index (Phi) is 4.20. The topological polar surface area (TPSA) is 74.0 Å². The van der Waals surface area contributed by atoms with Gasteiger partial charge in [-0.15, -0.1) is 11.3 Å². The van der Waals surface area contributed by atoms with Crippen molar-refractivity contribution in [2.24, 2.45) is 0 Å². The number of aromatic nitrogens is 1. The smallest absolute Gasteiger partial charge is 0.433 e. The first kappa shape index (κ1) is 15.3. The Morgan fingerprint density at radius 3 is 2.67 bits per heavy atom. The maximum atomic E-state index is 12.6. The molecule has 4 nitrogen and oxygen atoms in total. The zero-order valence-corrected chi connectivity index (χ0v) is 11.6. The molecule has 0 fully saturated rings. The highest BCUT2D eigenvalue weighted by Gasteiger charge is 2.33. The van der Waals surface area contributed by atoms with E-state index in [1.165, 1.54) is 11.4 Å². The number of aromatic carboxylic acids is 1. The molecule has 108 valence electrons. The van der Waals surface area contributed by atoms with Crippen LogP contribution in [0.15, 0.2) is 33.5 Å². The van der Waals surface area contributed by atoms with Gasteiger partial charge in [0.05, 0.1) is 5.56 Å². The number of carboxylic acid groups (broad SMARTS) is 1. The van der Waals surface area contributed by atoms with E-state index in [0.717, 1.165) is 35.2 Å². The predicted octanol–water partition coefficient (Wildman–Crippen LogP) is 3.88. The number of nitrogens with zero attached hydrogens (tertiary/aromatic N) is 2. The molecule has 0 bridgehead atoms. The summed E-state index contributed by atoms with van der Waals surface area (Å²) < 4.78 is 37.9. The lowest BCUT2D eigenvalue weighted by molar-refractivity contribution is -0.141. The molecule has 2 rings (SSSR count). The molecular weight excluding hydrogens is 325 g/mol. The molecule has 2 aromatic heterocycles. The van der Waals surface area contributed by atoms with Gasteiger partial charge in [0.1, 0.15) is 21.7 Å². The SMILES string of the molecule is N#Cc1ccc(C(F)(F)F)nc1Sc1csc(C(=O)O)c1. The number of thiophene rings is 1. The van der Waals surface area contributed by atoms with Crippen molar-refractivity contribution < 1.29 is 23.1 Å². The molecule has 21 heavy (non-hydrogen) atoms. The molecule has 0 saturated heterocycles. The van der Waals surface area contributed by atoms with Crippen molar-refractivity contribution >= 4 is 29.1 Å². The number of hydrogen-bond acceptors (Lipinski definition) is 5. The summed E-state index contributed by atoms with van der Waals surface area (Å²) in [5.74, 6) is -1.12. The molecule has 0 aliphatic heterocycles. The number of carboxylic acids is 1. The highest BCUT2D eigenvalue weighted by atomic mass is 32.2. The van der Waals surface area contributed by atoms with Crippen LogP contribution in [-0.2, 0) is 6.18 Å². The molecule has 1 N–H and O–H groups in total. The van der Waals surface area contributed by atoms with Crippen LogP contribution in [0.4, 0.5) is 13.2 Å². The summed E-state index contributed by atoms with van der Waals surface area (Å²) in [5, 5.41) is 19.1. The first-order valence-electron chi connectivity index (χ1n) is 5.29. The minimum atomic E-state index is -4.61. The van der Waals surface area contributed by atoms with Gasteiger partial charge in [0, 0.05) is 10.3 Å². The van der Waals surface area contributed by atoms with E-state index >= 15 is 0 Å². The molecule has 0 amide bonds. The Bertz CT molecular complexity index is 735. The Balaban J connectivity index is 2.37. The standard InChI is InChI=1S/C12H5F3N2O2S2/c13-12(14,15)9-2-1-6(4-16)10(17-9)21-7-3-8(11(18)19)20-5-7/h1-3,5H,(H,18,19). The highest BCUT2D eigenvalue weighted by molar-refractivity contribution is 7.99. The van der Waals surface area contributed by atoms with Gasteiger partial charge in [-0.2, -0.15) is 18.4 Å². The molecule has 0 spiro atoms. The summed E-state index contributed by atoms with van der Waals surface area (Å²) in [6.45, 7) is 0. The maximum Gasteiger partial charge on any atom is 0.433 e. The quantitative estimate of drug-likeness (QED) is 0.924. The van der Waals surface area contributed by atoms with Gasteiger partial charge in [0.15, 0.2) is 0 Å². The third-order valence-electron chi connectivity index (χ3n) is 2.27. The van der Waals surface area contributed by atoms with E-state index in [0.29, 0.717) is 4.90 Å². The zero-order chi connectivity index (χ0) is 15.6. The number of hydrogen-bond donors (Lipinski definition) is 1. The van der Waals surface area contributed by atoms with Crippen molar-refractivity contribution in [3.63, 3.8) is 0 Å². The van der Waals surface area contributed by atoms with Crippen LogP contribution >= 0.6 is 23.1 Å². The number of nitriles is 1.